The lowest BCUT2D eigenvalue weighted by atomic mass is 10.0. The minimum atomic E-state index is -4.19. The first-order chi connectivity index (χ1) is 13.9. The molecule has 1 fully saturated rings. The molecule has 0 aliphatic carbocycles. The van der Waals surface area contributed by atoms with Gasteiger partial charge in [-0.15, -0.1) is 0 Å². The van der Waals surface area contributed by atoms with E-state index >= 15 is 0 Å². The number of halogens is 1. The van der Waals surface area contributed by atoms with Crippen molar-refractivity contribution in [3.8, 4) is 5.88 Å². The Morgan fingerprint density at radius 1 is 1.44 bits per heavy atom. The van der Waals surface area contributed by atoms with Gasteiger partial charge in [-0.25, -0.2) is 18.1 Å². The van der Waals surface area contributed by atoms with E-state index in [4.69, 9.17) is 25.2 Å². The number of sulfonamides is 1. The molecule has 1 aromatic carbocycles. The largest absolute Gasteiger partial charge is 0.468 e. The fourth-order valence-electron chi connectivity index (χ4n) is 2.34. The third kappa shape index (κ3) is 4.47. The molecular weight excluding hydrogens is 396 g/mol. The molecule has 9 nitrogen and oxygen atoms in total. The van der Waals surface area contributed by atoms with Gasteiger partial charge in [-0.1, -0.05) is 11.6 Å². The van der Waals surface area contributed by atoms with E-state index in [2.05, 4.69) is 15.3 Å². The van der Waals surface area contributed by atoms with Crippen molar-refractivity contribution >= 4 is 33.3 Å². The molecule has 1 aliphatic rings. The molecule has 3 N–H and O–H groups in total. The maximum absolute atomic E-state index is 12.0. The molecule has 0 amide bonds. The van der Waals surface area contributed by atoms with Crippen LogP contribution in [0.15, 0.2) is 35.4 Å². The number of aliphatic hydroxyl groups is 1. The fourth-order valence-corrected chi connectivity index (χ4v) is 3.09. The Balaban J connectivity index is 1.74. The Hall–Kier alpha value is -1.98. The standard InChI is InChI=1S/C16H19ClN4O5S/c1-16(22)9-25-8-13(16)26-14-12(17)7-19-15(21-14)20-10-3-5-11(6-4-10)27(23,24)18-2/h3-7,13,18,22H,8-9H2,1-2H3,(H,19,20,21)/t13-,16+/m0/s1/i2D3. The van der Waals surface area contributed by atoms with Crippen LogP contribution in [0, 0.1) is 0 Å². The van der Waals surface area contributed by atoms with Crippen LogP contribution in [0.3, 0.4) is 0 Å². The zero-order chi connectivity index (χ0) is 22.2. The average Bonchev–Trinajstić information content (AvgIpc) is 2.94. The minimum absolute atomic E-state index is 0.0472. The summed E-state index contributed by atoms with van der Waals surface area (Å²) in [6.45, 7) is -0.957. The third-order valence-electron chi connectivity index (χ3n) is 3.88. The zero-order valence-corrected chi connectivity index (χ0v) is 15.7. The van der Waals surface area contributed by atoms with Crippen molar-refractivity contribution in [3.05, 3.63) is 35.5 Å². The number of rotatable bonds is 6. The van der Waals surface area contributed by atoms with Gasteiger partial charge in [0.25, 0.3) is 0 Å². The van der Waals surface area contributed by atoms with Gasteiger partial charge in [0.15, 0.2) is 6.10 Å². The van der Waals surface area contributed by atoms with Crippen LogP contribution in [0.25, 0.3) is 0 Å². The van der Waals surface area contributed by atoms with E-state index in [1.54, 1.807) is 11.6 Å². The number of benzene rings is 1. The van der Waals surface area contributed by atoms with Crippen LogP contribution in [0.4, 0.5) is 11.6 Å². The van der Waals surface area contributed by atoms with Gasteiger partial charge in [-0.05, 0) is 38.2 Å². The van der Waals surface area contributed by atoms with Crippen LogP contribution in [0.5, 0.6) is 5.88 Å². The predicted octanol–water partition coefficient (Wildman–Crippen LogP) is 1.31. The lowest BCUT2D eigenvalue weighted by Gasteiger charge is -2.23. The van der Waals surface area contributed by atoms with E-state index in [9.17, 15) is 13.5 Å². The van der Waals surface area contributed by atoms with E-state index in [1.807, 2.05) is 0 Å². The number of hydrogen-bond donors (Lipinski definition) is 3. The van der Waals surface area contributed by atoms with Crippen LogP contribution < -0.4 is 14.8 Å². The second-order valence-electron chi connectivity index (χ2n) is 6.08. The summed E-state index contributed by atoms with van der Waals surface area (Å²) in [4.78, 5) is 7.99. The highest BCUT2D eigenvalue weighted by atomic mass is 35.5. The molecule has 0 spiro atoms. The molecule has 11 heteroatoms. The van der Waals surface area contributed by atoms with Gasteiger partial charge in [0.05, 0.1) is 24.3 Å². The van der Waals surface area contributed by atoms with Crippen LogP contribution in [0.1, 0.15) is 11.0 Å². The van der Waals surface area contributed by atoms with Crippen LogP contribution >= 0.6 is 11.6 Å². The highest BCUT2D eigenvalue weighted by Crippen LogP contribution is 2.29. The summed E-state index contributed by atoms with van der Waals surface area (Å²) in [7, 11) is -4.19. The summed E-state index contributed by atoms with van der Waals surface area (Å²) in [5, 5.41) is 13.2. The molecule has 1 aromatic heterocycles. The van der Waals surface area contributed by atoms with Crippen molar-refractivity contribution in [1.29, 1.82) is 0 Å². The number of hydrogen-bond acceptors (Lipinski definition) is 8. The number of ether oxygens (including phenoxy) is 2. The summed E-state index contributed by atoms with van der Waals surface area (Å²) in [5.41, 5.74) is -0.751. The summed E-state index contributed by atoms with van der Waals surface area (Å²) in [6.07, 6.45) is 0.656. The Bertz CT molecular complexity index is 1020. The second-order valence-corrected chi connectivity index (χ2v) is 8.17. The molecule has 146 valence electrons. The van der Waals surface area contributed by atoms with Crippen LogP contribution in [-0.4, -0.2) is 55.4 Å². The summed E-state index contributed by atoms with van der Waals surface area (Å²) < 4.78 is 57.7. The first-order valence-corrected chi connectivity index (χ1v) is 9.62. The Morgan fingerprint density at radius 2 is 2.19 bits per heavy atom. The van der Waals surface area contributed by atoms with Gasteiger partial charge in [0.1, 0.15) is 10.6 Å². The highest BCUT2D eigenvalue weighted by molar-refractivity contribution is 7.89. The molecular formula is C16H19ClN4O5S. The highest BCUT2D eigenvalue weighted by Gasteiger charge is 2.40. The first-order valence-electron chi connectivity index (χ1n) is 9.26. The minimum Gasteiger partial charge on any atom is -0.468 e. The summed E-state index contributed by atoms with van der Waals surface area (Å²) >= 11 is 6.07. The predicted molar refractivity (Wildman–Crippen MR) is 98.9 cm³/mol. The lowest BCUT2D eigenvalue weighted by Crippen LogP contribution is -2.42. The van der Waals surface area contributed by atoms with Crippen LogP contribution in [-0.2, 0) is 14.8 Å². The summed E-state index contributed by atoms with van der Waals surface area (Å²) in [5.74, 6) is 0.162. The summed E-state index contributed by atoms with van der Waals surface area (Å²) in [6, 6.07) is 5.30. The fraction of sp³-hybridized carbons (Fsp3) is 0.375. The molecule has 0 saturated carbocycles. The topological polar surface area (TPSA) is 123 Å². The molecule has 0 bridgehead atoms. The molecule has 0 radical (unpaired) electrons. The molecule has 1 aliphatic heterocycles. The maximum Gasteiger partial charge on any atom is 0.240 e. The monoisotopic (exact) mass is 417 g/mol. The molecule has 0 unspecified atom stereocenters. The van der Waals surface area contributed by atoms with Gasteiger partial charge in [-0.2, -0.15) is 4.98 Å². The molecule has 2 atom stereocenters. The SMILES string of the molecule is [2H]C([2H])([2H])NS(=O)(=O)c1ccc(Nc2ncc(Cl)c(O[C@H]3COC[C@@]3(C)O)n2)cc1. The molecule has 2 heterocycles. The molecule has 2 aromatic rings. The Labute approximate surface area is 166 Å². The van der Waals surface area contributed by atoms with Gasteiger partial charge in [0, 0.05) is 9.80 Å². The van der Waals surface area contributed by atoms with Gasteiger partial charge < -0.3 is 19.9 Å². The number of aromatic nitrogens is 2. The normalized spacial score (nSPS) is 24.7. The van der Waals surface area contributed by atoms with Crippen molar-refractivity contribution in [1.82, 2.24) is 14.7 Å². The number of anilines is 2. The van der Waals surface area contributed by atoms with E-state index in [0.29, 0.717) is 5.69 Å². The zero-order valence-electron chi connectivity index (χ0n) is 17.1. The Kier molecular flexibility index (Phi) is 4.49. The van der Waals surface area contributed by atoms with Gasteiger partial charge >= 0.3 is 0 Å². The second kappa shape index (κ2) is 7.56. The van der Waals surface area contributed by atoms with Crippen molar-refractivity contribution in [3.63, 3.8) is 0 Å². The van der Waals surface area contributed by atoms with Crippen molar-refractivity contribution in [2.45, 2.75) is 23.5 Å². The number of nitrogens with zero attached hydrogens (tertiary/aromatic N) is 2. The third-order valence-corrected chi connectivity index (χ3v) is 5.30. The quantitative estimate of drug-likeness (QED) is 0.643. The van der Waals surface area contributed by atoms with E-state index in [1.165, 1.54) is 30.5 Å². The lowest BCUT2D eigenvalue weighted by molar-refractivity contribution is -0.0175. The molecule has 3 rings (SSSR count). The Morgan fingerprint density at radius 3 is 2.81 bits per heavy atom. The molecule has 1 saturated heterocycles. The maximum atomic E-state index is 12.0. The number of nitrogens with one attached hydrogen (secondary N) is 2. The van der Waals surface area contributed by atoms with Crippen molar-refractivity contribution in [2.24, 2.45) is 0 Å². The molecule has 27 heavy (non-hydrogen) atoms. The van der Waals surface area contributed by atoms with E-state index in [0.717, 1.165) is 0 Å². The van der Waals surface area contributed by atoms with Crippen molar-refractivity contribution in [2.75, 3.05) is 25.5 Å². The van der Waals surface area contributed by atoms with Gasteiger partial charge in [0.2, 0.25) is 21.9 Å². The van der Waals surface area contributed by atoms with E-state index < -0.39 is 28.7 Å². The van der Waals surface area contributed by atoms with Crippen LogP contribution in [0.2, 0.25) is 5.02 Å². The average molecular weight is 418 g/mol. The van der Waals surface area contributed by atoms with Gasteiger partial charge in [-0.3, -0.25) is 0 Å². The first kappa shape index (κ1) is 16.0. The smallest absolute Gasteiger partial charge is 0.240 e. The van der Waals surface area contributed by atoms with Crippen molar-refractivity contribution < 1.29 is 27.1 Å². The van der Waals surface area contributed by atoms with E-state index in [-0.39, 0.29) is 35.0 Å².